The first-order valence-corrected chi connectivity index (χ1v) is 29.5. The lowest BCUT2D eigenvalue weighted by Gasteiger charge is -2.47. The number of nitrogens with one attached hydrogen (secondary N) is 1. The number of rotatable bonds is 44. The highest BCUT2D eigenvalue weighted by Crippen LogP contribution is 2.48. The van der Waals surface area contributed by atoms with Gasteiger partial charge in [0.2, 0.25) is 5.91 Å². The van der Waals surface area contributed by atoms with Crippen LogP contribution in [-0.4, -0.2) is 149 Å². The summed E-state index contributed by atoms with van der Waals surface area (Å²) in [7, 11) is -5.31. The molecule has 11 N–H and O–H groups in total. The van der Waals surface area contributed by atoms with Crippen molar-refractivity contribution in [2.24, 2.45) is 0 Å². The molecule has 1 aliphatic heterocycles. The zero-order valence-corrected chi connectivity index (χ0v) is 44.2. The zero-order chi connectivity index (χ0) is 51.6. The molecule has 0 aromatic rings. The van der Waals surface area contributed by atoms with E-state index in [1.54, 1.807) is 0 Å². The first-order valence-electron chi connectivity index (χ1n) is 28.0. The third-order valence-corrected chi connectivity index (χ3v) is 15.3. The highest BCUT2D eigenvalue weighted by molar-refractivity contribution is 7.47. The Morgan fingerprint density at radius 1 is 0.529 bits per heavy atom. The summed E-state index contributed by atoms with van der Waals surface area (Å²) in [6.07, 6.45) is 15.8. The van der Waals surface area contributed by atoms with Gasteiger partial charge in [0, 0.05) is 6.42 Å². The second kappa shape index (κ2) is 39.5. The molecule has 0 radical (unpaired) electrons. The van der Waals surface area contributed by atoms with Crippen LogP contribution in [0.3, 0.4) is 0 Å². The first kappa shape index (κ1) is 65.3. The van der Waals surface area contributed by atoms with Crippen LogP contribution in [0.15, 0.2) is 0 Å². The van der Waals surface area contributed by atoms with Crippen molar-refractivity contribution in [1.29, 1.82) is 0 Å². The second-order valence-corrected chi connectivity index (χ2v) is 21.9. The minimum Gasteiger partial charge on any atom is -0.394 e. The molecular weight excluding hydrogens is 926 g/mol. The maximum Gasteiger partial charge on any atom is 0.472 e. The number of carbonyl (C=O) groups is 1. The van der Waals surface area contributed by atoms with E-state index in [1.165, 1.54) is 141 Å². The molecule has 2 fully saturated rings. The molecule has 0 bridgehead atoms. The molecule has 1 amide bonds. The molecule has 0 aromatic heterocycles. The molecule has 18 heteroatoms. The summed E-state index contributed by atoms with van der Waals surface area (Å²) >= 11 is 0. The first-order chi connectivity index (χ1) is 33.7. The van der Waals surface area contributed by atoms with Gasteiger partial charge in [0.05, 0.1) is 25.4 Å². The topological polar surface area (TPSA) is 285 Å². The Morgan fingerprint density at radius 3 is 1.31 bits per heavy atom. The minimum atomic E-state index is -5.31. The van der Waals surface area contributed by atoms with Gasteiger partial charge < -0.3 is 65.6 Å². The van der Waals surface area contributed by atoms with Gasteiger partial charge in [-0.15, -0.1) is 0 Å². The molecule has 1 saturated heterocycles. The number of phosphoric acid groups is 1. The fourth-order valence-corrected chi connectivity index (χ4v) is 10.6. The Kier molecular flexibility index (Phi) is 36.9. The van der Waals surface area contributed by atoms with Gasteiger partial charge in [-0.25, -0.2) is 4.57 Å². The number of carbonyl (C=O) groups excluding carboxylic acids is 1. The van der Waals surface area contributed by atoms with Gasteiger partial charge in [0.1, 0.15) is 61.0 Å². The maximum absolute atomic E-state index is 13.5. The van der Waals surface area contributed by atoms with Crippen molar-refractivity contribution in [3.8, 4) is 0 Å². The Balaban J connectivity index is 1.89. The molecule has 416 valence electrons. The molecule has 1 saturated carbocycles. The molecule has 70 heavy (non-hydrogen) atoms. The van der Waals surface area contributed by atoms with Crippen LogP contribution in [0.1, 0.15) is 232 Å². The van der Waals surface area contributed by atoms with Crippen molar-refractivity contribution >= 4 is 13.7 Å². The van der Waals surface area contributed by atoms with Crippen molar-refractivity contribution in [3.63, 3.8) is 0 Å². The highest BCUT2D eigenvalue weighted by atomic mass is 31.2. The SMILES string of the molecule is CCCCCCCCCCCCCCCCCCCCCC(=O)N[C@@H](COP(=O)(O)O[C@H]1C(O)C(O)C(O)[C@@H](O)C1O[C@H]1O[C@H](CO)[C@@H](O)C(O)C1O)[C@H](O)CCCCCCCCCCCCCCC. The summed E-state index contributed by atoms with van der Waals surface area (Å²) in [4.78, 5) is 24.1. The lowest BCUT2D eigenvalue weighted by molar-refractivity contribution is -0.338. The van der Waals surface area contributed by atoms with Crippen LogP contribution in [0.5, 0.6) is 0 Å². The molecule has 0 spiro atoms. The monoisotopic (exact) mass is 1030 g/mol. The molecule has 14 atom stereocenters. The minimum absolute atomic E-state index is 0.178. The summed E-state index contributed by atoms with van der Waals surface area (Å²) in [5.74, 6) is -0.366. The zero-order valence-electron chi connectivity index (χ0n) is 43.3. The summed E-state index contributed by atoms with van der Waals surface area (Å²) in [5.41, 5.74) is 0. The Morgan fingerprint density at radius 2 is 0.900 bits per heavy atom. The molecule has 2 rings (SSSR count). The lowest BCUT2D eigenvalue weighted by Crippen LogP contribution is -2.67. The number of unbranched alkanes of at least 4 members (excludes halogenated alkanes) is 30. The third-order valence-electron chi connectivity index (χ3n) is 14.3. The van der Waals surface area contributed by atoms with Gasteiger partial charge in [0.15, 0.2) is 6.29 Å². The van der Waals surface area contributed by atoms with E-state index in [-0.39, 0.29) is 18.7 Å². The van der Waals surface area contributed by atoms with E-state index in [9.17, 15) is 60.2 Å². The molecule has 1 aliphatic carbocycles. The number of aliphatic hydroxyl groups is 9. The quantitative estimate of drug-likeness (QED) is 0.0211. The van der Waals surface area contributed by atoms with Crippen LogP contribution in [0, 0.1) is 0 Å². The van der Waals surface area contributed by atoms with E-state index in [0.29, 0.717) is 12.8 Å². The second-order valence-electron chi connectivity index (χ2n) is 20.5. The average molecular weight is 1030 g/mol. The molecule has 1 heterocycles. The summed E-state index contributed by atoms with van der Waals surface area (Å²) in [6.45, 7) is 2.95. The fourth-order valence-electron chi connectivity index (χ4n) is 9.62. The highest BCUT2D eigenvalue weighted by Gasteiger charge is 2.55. The van der Waals surface area contributed by atoms with Crippen LogP contribution in [0.25, 0.3) is 0 Å². The Hall–Kier alpha value is -0.860. The van der Waals surface area contributed by atoms with Gasteiger partial charge >= 0.3 is 7.82 Å². The third kappa shape index (κ3) is 27.1. The van der Waals surface area contributed by atoms with Gasteiger partial charge in [0.25, 0.3) is 0 Å². The summed E-state index contributed by atoms with van der Waals surface area (Å²) in [5, 5.41) is 97.3. The van der Waals surface area contributed by atoms with Gasteiger partial charge in [-0.05, 0) is 12.8 Å². The number of hydrogen-bond acceptors (Lipinski definition) is 15. The van der Waals surface area contributed by atoms with E-state index < -0.39 is 101 Å². The van der Waals surface area contributed by atoms with E-state index in [0.717, 1.165) is 51.4 Å². The van der Waals surface area contributed by atoms with E-state index in [4.69, 9.17) is 18.5 Å². The Bertz CT molecular complexity index is 1320. The van der Waals surface area contributed by atoms with E-state index >= 15 is 0 Å². The number of hydrogen-bond donors (Lipinski definition) is 11. The van der Waals surface area contributed by atoms with E-state index in [1.807, 2.05) is 0 Å². The molecule has 17 nitrogen and oxygen atoms in total. The van der Waals surface area contributed by atoms with Crippen LogP contribution in [-0.2, 0) is 27.9 Å². The van der Waals surface area contributed by atoms with Crippen molar-refractivity contribution in [2.45, 2.75) is 312 Å². The summed E-state index contributed by atoms with van der Waals surface area (Å²) in [6, 6.07) is -1.13. The maximum atomic E-state index is 13.5. The number of ether oxygens (including phenoxy) is 2. The van der Waals surface area contributed by atoms with Crippen molar-refractivity contribution in [2.75, 3.05) is 13.2 Å². The predicted octanol–water partition coefficient (Wildman–Crippen LogP) is 7.28. The predicted molar refractivity (Wildman–Crippen MR) is 270 cm³/mol. The lowest BCUT2D eigenvalue weighted by atomic mass is 9.84. The molecule has 2 aliphatic rings. The molecule has 7 unspecified atom stereocenters. The van der Waals surface area contributed by atoms with Crippen LogP contribution < -0.4 is 5.32 Å². The van der Waals surface area contributed by atoms with Gasteiger partial charge in [-0.3, -0.25) is 13.8 Å². The van der Waals surface area contributed by atoms with Gasteiger partial charge in [-0.2, -0.15) is 0 Å². The van der Waals surface area contributed by atoms with Crippen LogP contribution in [0.4, 0.5) is 0 Å². The molecule has 0 aromatic carbocycles. The standard InChI is InChI=1S/C52H102NO16P/c1-3-5-7-9-11-13-15-17-18-19-20-21-22-24-26-28-30-32-34-36-42(56)53-39(40(55)35-33-31-29-27-25-23-16-14-12-10-8-6-4-2)38-66-70(64,65)69-51-48(62)46(60)45(59)47(61)50(51)68-52-49(63)44(58)43(57)41(37-54)67-52/h39-41,43-52,54-55,57-63H,3-38H2,1-2H3,(H,53,56)(H,64,65)/t39-,40+,41+,43+,44?,45?,46?,47+,48?,49?,50?,51-,52+/m0/s1. The average Bonchev–Trinajstić information content (AvgIpc) is 3.34. The Labute approximate surface area is 421 Å². The van der Waals surface area contributed by atoms with Crippen LogP contribution >= 0.6 is 7.82 Å². The number of amides is 1. The van der Waals surface area contributed by atoms with Crippen molar-refractivity contribution < 1.29 is 78.7 Å². The smallest absolute Gasteiger partial charge is 0.394 e. The largest absolute Gasteiger partial charge is 0.472 e. The van der Waals surface area contributed by atoms with Crippen LogP contribution in [0.2, 0.25) is 0 Å². The van der Waals surface area contributed by atoms with Crippen molar-refractivity contribution in [3.05, 3.63) is 0 Å². The van der Waals surface area contributed by atoms with E-state index in [2.05, 4.69) is 19.2 Å². The van der Waals surface area contributed by atoms with Gasteiger partial charge in [-0.1, -0.05) is 213 Å². The number of aliphatic hydroxyl groups excluding tert-OH is 9. The molecular formula is C52H102NO16P. The van der Waals surface area contributed by atoms with Crippen molar-refractivity contribution in [1.82, 2.24) is 5.32 Å². The normalized spacial score (nSPS) is 27.9. The fraction of sp³-hybridized carbons (Fsp3) is 0.981. The summed E-state index contributed by atoms with van der Waals surface area (Å²) < 4.78 is 34.9. The number of phosphoric ester groups is 1.